The van der Waals surface area contributed by atoms with Crippen molar-refractivity contribution >= 4 is 21.6 Å². The van der Waals surface area contributed by atoms with Crippen LogP contribution < -0.4 is 5.14 Å². The number of primary sulfonamides is 1. The van der Waals surface area contributed by atoms with Crippen LogP contribution in [0.25, 0.3) is 11.1 Å². The average molecular weight is 268 g/mol. The summed E-state index contributed by atoms with van der Waals surface area (Å²) in [6.07, 6.45) is 0. The molecular formula is C12H10ClNO2S. The second-order valence-electron chi connectivity index (χ2n) is 3.52. The van der Waals surface area contributed by atoms with Crippen LogP contribution in [0.5, 0.6) is 0 Å². The molecule has 0 amide bonds. The van der Waals surface area contributed by atoms with E-state index < -0.39 is 10.0 Å². The van der Waals surface area contributed by atoms with E-state index >= 15 is 0 Å². The van der Waals surface area contributed by atoms with Crippen LogP contribution in [0.2, 0.25) is 5.02 Å². The lowest BCUT2D eigenvalue weighted by Gasteiger charge is -2.08. The molecule has 17 heavy (non-hydrogen) atoms. The van der Waals surface area contributed by atoms with Crippen molar-refractivity contribution in [2.75, 3.05) is 0 Å². The van der Waals surface area contributed by atoms with Gasteiger partial charge in [-0.3, -0.25) is 0 Å². The van der Waals surface area contributed by atoms with Gasteiger partial charge in [0.25, 0.3) is 0 Å². The Morgan fingerprint density at radius 3 is 2.00 bits per heavy atom. The Hall–Kier alpha value is -1.36. The molecule has 0 aliphatic carbocycles. The first-order chi connectivity index (χ1) is 8.00. The third-order valence-corrected chi connectivity index (χ3v) is 3.66. The standard InChI is InChI=1S/C12H10ClNO2S/c13-11-7-3-1-5-9(11)10-6-2-4-8-12(10)17(14,15)16/h1-8H,(H2,14,15,16). The molecule has 0 saturated carbocycles. The lowest BCUT2D eigenvalue weighted by molar-refractivity contribution is 0.598. The Balaban J connectivity index is 2.74. The molecule has 2 aromatic rings. The normalized spacial score (nSPS) is 11.4. The van der Waals surface area contributed by atoms with Gasteiger partial charge in [0.05, 0.1) is 4.90 Å². The molecule has 0 saturated heterocycles. The Morgan fingerprint density at radius 1 is 0.882 bits per heavy atom. The first-order valence-corrected chi connectivity index (χ1v) is 6.79. The molecule has 5 heteroatoms. The van der Waals surface area contributed by atoms with Gasteiger partial charge >= 0.3 is 0 Å². The van der Waals surface area contributed by atoms with Gasteiger partial charge in [-0.05, 0) is 12.1 Å². The lowest BCUT2D eigenvalue weighted by Crippen LogP contribution is -2.13. The molecule has 0 unspecified atom stereocenters. The third kappa shape index (κ3) is 2.49. The monoisotopic (exact) mass is 267 g/mol. The Morgan fingerprint density at radius 2 is 1.41 bits per heavy atom. The van der Waals surface area contributed by atoms with Crippen LogP contribution >= 0.6 is 11.6 Å². The summed E-state index contributed by atoms with van der Waals surface area (Å²) in [6.45, 7) is 0. The van der Waals surface area contributed by atoms with Crippen LogP contribution in [0.3, 0.4) is 0 Å². The summed E-state index contributed by atoms with van der Waals surface area (Å²) < 4.78 is 22.9. The van der Waals surface area contributed by atoms with Gasteiger partial charge in [-0.1, -0.05) is 48.0 Å². The Labute approximate surface area is 105 Å². The van der Waals surface area contributed by atoms with Crippen molar-refractivity contribution < 1.29 is 8.42 Å². The van der Waals surface area contributed by atoms with Gasteiger partial charge in [0.1, 0.15) is 0 Å². The second-order valence-corrected chi connectivity index (χ2v) is 5.46. The maximum Gasteiger partial charge on any atom is 0.238 e. The largest absolute Gasteiger partial charge is 0.238 e. The SMILES string of the molecule is NS(=O)(=O)c1ccccc1-c1ccccc1Cl. The number of hydrogen-bond donors (Lipinski definition) is 1. The van der Waals surface area contributed by atoms with Crippen LogP contribution in [0.4, 0.5) is 0 Å². The van der Waals surface area contributed by atoms with E-state index in [0.29, 0.717) is 16.1 Å². The van der Waals surface area contributed by atoms with Crippen molar-refractivity contribution in [3.05, 3.63) is 53.6 Å². The molecule has 88 valence electrons. The maximum absolute atomic E-state index is 11.5. The summed E-state index contributed by atoms with van der Waals surface area (Å²) in [5.74, 6) is 0. The number of rotatable bonds is 2. The minimum absolute atomic E-state index is 0.0769. The van der Waals surface area contributed by atoms with E-state index in [9.17, 15) is 8.42 Å². The van der Waals surface area contributed by atoms with Gasteiger partial charge in [-0.2, -0.15) is 0 Å². The predicted molar refractivity (Wildman–Crippen MR) is 68.3 cm³/mol. The minimum atomic E-state index is -3.76. The smallest absolute Gasteiger partial charge is 0.225 e. The number of benzene rings is 2. The fourth-order valence-corrected chi connectivity index (χ4v) is 2.61. The highest BCUT2D eigenvalue weighted by Gasteiger charge is 2.15. The Bertz CT molecular complexity index is 653. The van der Waals surface area contributed by atoms with Gasteiger partial charge in [-0.25, -0.2) is 13.6 Å². The number of nitrogens with two attached hydrogens (primary N) is 1. The van der Waals surface area contributed by atoms with Crippen molar-refractivity contribution in [1.29, 1.82) is 0 Å². The van der Waals surface area contributed by atoms with Gasteiger partial charge in [0.2, 0.25) is 10.0 Å². The molecule has 0 radical (unpaired) electrons. The summed E-state index contributed by atoms with van der Waals surface area (Å²) in [5, 5.41) is 5.66. The van der Waals surface area contributed by atoms with E-state index in [4.69, 9.17) is 16.7 Å². The molecule has 0 aliphatic rings. The highest BCUT2D eigenvalue weighted by Crippen LogP contribution is 2.31. The van der Waals surface area contributed by atoms with Gasteiger partial charge < -0.3 is 0 Å². The van der Waals surface area contributed by atoms with Crippen molar-refractivity contribution in [3.8, 4) is 11.1 Å². The predicted octanol–water partition coefficient (Wildman–Crippen LogP) is 2.65. The summed E-state index contributed by atoms with van der Waals surface area (Å²) in [4.78, 5) is 0.0769. The summed E-state index contributed by atoms with van der Waals surface area (Å²) in [6, 6.07) is 13.6. The zero-order valence-corrected chi connectivity index (χ0v) is 10.4. The molecule has 0 bridgehead atoms. The zero-order chi connectivity index (χ0) is 12.5. The van der Waals surface area contributed by atoms with Gasteiger partial charge in [-0.15, -0.1) is 0 Å². The zero-order valence-electron chi connectivity index (χ0n) is 8.80. The lowest BCUT2D eigenvalue weighted by atomic mass is 10.1. The van der Waals surface area contributed by atoms with E-state index in [1.807, 2.05) is 0 Å². The molecule has 2 aromatic carbocycles. The molecule has 2 rings (SSSR count). The molecule has 0 heterocycles. The fourth-order valence-electron chi connectivity index (χ4n) is 1.62. The van der Waals surface area contributed by atoms with Crippen molar-refractivity contribution in [2.24, 2.45) is 5.14 Å². The van der Waals surface area contributed by atoms with Crippen LogP contribution in [-0.4, -0.2) is 8.42 Å². The molecule has 0 aromatic heterocycles. The van der Waals surface area contributed by atoms with Crippen molar-refractivity contribution in [3.63, 3.8) is 0 Å². The van der Waals surface area contributed by atoms with E-state index in [-0.39, 0.29) is 4.90 Å². The highest BCUT2D eigenvalue weighted by atomic mass is 35.5. The summed E-state index contributed by atoms with van der Waals surface area (Å²) in [7, 11) is -3.76. The van der Waals surface area contributed by atoms with Crippen molar-refractivity contribution in [2.45, 2.75) is 4.90 Å². The fraction of sp³-hybridized carbons (Fsp3) is 0. The van der Waals surface area contributed by atoms with Crippen molar-refractivity contribution in [1.82, 2.24) is 0 Å². The molecule has 0 spiro atoms. The highest BCUT2D eigenvalue weighted by molar-refractivity contribution is 7.89. The molecular weight excluding hydrogens is 258 g/mol. The van der Waals surface area contributed by atoms with E-state index in [1.165, 1.54) is 6.07 Å². The number of hydrogen-bond acceptors (Lipinski definition) is 2. The molecule has 2 N–H and O–H groups in total. The quantitative estimate of drug-likeness (QED) is 0.909. The Kier molecular flexibility index (Phi) is 3.19. The van der Waals surface area contributed by atoms with Crippen LogP contribution in [0, 0.1) is 0 Å². The maximum atomic E-state index is 11.5. The first-order valence-electron chi connectivity index (χ1n) is 4.87. The molecule has 0 aliphatic heterocycles. The number of halogens is 1. The van der Waals surface area contributed by atoms with Crippen LogP contribution in [-0.2, 0) is 10.0 Å². The number of sulfonamides is 1. The molecule has 0 fully saturated rings. The molecule has 3 nitrogen and oxygen atoms in total. The van der Waals surface area contributed by atoms with E-state index in [2.05, 4.69) is 0 Å². The molecule has 0 atom stereocenters. The summed E-state index contributed by atoms with van der Waals surface area (Å²) >= 11 is 6.05. The van der Waals surface area contributed by atoms with Gasteiger partial charge in [0, 0.05) is 16.1 Å². The van der Waals surface area contributed by atoms with Gasteiger partial charge in [0.15, 0.2) is 0 Å². The topological polar surface area (TPSA) is 60.2 Å². The van der Waals surface area contributed by atoms with E-state index in [1.54, 1.807) is 42.5 Å². The minimum Gasteiger partial charge on any atom is -0.225 e. The van der Waals surface area contributed by atoms with Crippen LogP contribution in [0.1, 0.15) is 0 Å². The second kappa shape index (κ2) is 4.49. The summed E-state index contributed by atoms with van der Waals surface area (Å²) in [5.41, 5.74) is 1.17. The third-order valence-electron chi connectivity index (χ3n) is 2.36. The van der Waals surface area contributed by atoms with Crippen LogP contribution in [0.15, 0.2) is 53.4 Å². The van der Waals surface area contributed by atoms with E-state index in [0.717, 1.165) is 0 Å². The first kappa shape index (κ1) is 12.1. The average Bonchev–Trinajstić information content (AvgIpc) is 2.28.